The molecule has 0 amide bonds. The van der Waals surface area contributed by atoms with E-state index in [1.165, 1.54) is 43.5 Å². The van der Waals surface area contributed by atoms with Crippen LogP contribution in [0.5, 0.6) is 0 Å². The second-order valence-electron chi connectivity index (χ2n) is 7.63. The van der Waals surface area contributed by atoms with Crippen molar-refractivity contribution in [3.05, 3.63) is 100 Å². The van der Waals surface area contributed by atoms with E-state index in [2.05, 4.69) is 9.46 Å². The predicted molar refractivity (Wildman–Crippen MR) is 126 cm³/mol. The van der Waals surface area contributed by atoms with Crippen molar-refractivity contribution in [1.29, 1.82) is 0 Å². The summed E-state index contributed by atoms with van der Waals surface area (Å²) in [5.74, 6) is -0.633. The summed E-state index contributed by atoms with van der Waals surface area (Å²) >= 11 is 5.89. The first kappa shape index (κ1) is 24.9. The lowest BCUT2D eigenvalue weighted by atomic mass is 9.97. The number of carbonyl (C=O) groups is 1. The van der Waals surface area contributed by atoms with Gasteiger partial charge < -0.3 is 4.74 Å². The first-order chi connectivity index (χ1) is 15.8. The van der Waals surface area contributed by atoms with Gasteiger partial charge in [0.05, 0.1) is 18.0 Å². The summed E-state index contributed by atoms with van der Waals surface area (Å²) in [6.07, 6.45) is 1.95. The van der Waals surface area contributed by atoms with Gasteiger partial charge in [-0.2, -0.15) is 0 Å². The fourth-order valence-corrected chi connectivity index (χ4v) is 4.80. The Kier molecular flexibility index (Phi) is 8.61. The maximum Gasteiger partial charge on any atom is 0.305 e. The monoisotopic (exact) mass is 489 g/mol. The third-order valence-corrected chi connectivity index (χ3v) is 6.95. The second-order valence-corrected chi connectivity index (χ2v) is 9.78. The van der Waals surface area contributed by atoms with E-state index < -0.39 is 16.1 Å². The van der Waals surface area contributed by atoms with Crippen molar-refractivity contribution in [2.45, 2.75) is 36.6 Å². The van der Waals surface area contributed by atoms with Crippen LogP contribution in [0.3, 0.4) is 0 Å². The standard InChI is InChI=1S/C25H25ClFNO4S/c1-32-25(29)7-3-4-18-8-10-20(11-9-18)24(17-19-5-2-6-22(27)16-19)28-33(30,31)23-14-12-21(26)13-15-23/h2,5-6,8-16,24,28H,3-4,7,17H2,1H3. The predicted octanol–water partition coefficient (Wildman–Crippen LogP) is 5.24. The molecule has 174 valence electrons. The highest BCUT2D eigenvalue weighted by Crippen LogP contribution is 2.24. The van der Waals surface area contributed by atoms with Crippen LogP contribution in [-0.2, 0) is 32.4 Å². The second kappa shape index (κ2) is 11.4. The highest BCUT2D eigenvalue weighted by Gasteiger charge is 2.22. The van der Waals surface area contributed by atoms with Crippen LogP contribution < -0.4 is 4.72 Å². The van der Waals surface area contributed by atoms with Gasteiger partial charge in [0, 0.05) is 11.4 Å². The molecule has 33 heavy (non-hydrogen) atoms. The number of nitrogens with one attached hydrogen (secondary N) is 1. The number of sulfonamides is 1. The Labute approximate surface area is 198 Å². The van der Waals surface area contributed by atoms with Crippen LogP contribution in [0, 0.1) is 5.82 Å². The van der Waals surface area contributed by atoms with Gasteiger partial charge in [0.15, 0.2) is 0 Å². The summed E-state index contributed by atoms with van der Waals surface area (Å²) in [6.45, 7) is 0. The fourth-order valence-electron chi connectivity index (χ4n) is 3.45. The van der Waals surface area contributed by atoms with E-state index in [0.717, 1.165) is 11.1 Å². The van der Waals surface area contributed by atoms with Crippen LogP contribution in [0.25, 0.3) is 0 Å². The molecule has 8 heteroatoms. The Bertz CT molecular complexity index is 1180. The number of methoxy groups -OCH3 is 1. The zero-order valence-corrected chi connectivity index (χ0v) is 19.7. The molecule has 0 saturated carbocycles. The quantitative estimate of drug-likeness (QED) is 0.395. The molecule has 0 saturated heterocycles. The number of aryl methyl sites for hydroxylation is 1. The van der Waals surface area contributed by atoms with Crippen molar-refractivity contribution in [2.75, 3.05) is 7.11 Å². The number of hydrogen-bond acceptors (Lipinski definition) is 4. The van der Waals surface area contributed by atoms with Gasteiger partial charge in [-0.15, -0.1) is 0 Å². The van der Waals surface area contributed by atoms with Crippen molar-refractivity contribution in [3.63, 3.8) is 0 Å². The largest absolute Gasteiger partial charge is 0.469 e. The minimum Gasteiger partial charge on any atom is -0.469 e. The molecule has 1 unspecified atom stereocenters. The van der Waals surface area contributed by atoms with E-state index in [0.29, 0.717) is 29.8 Å². The summed E-state index contributed by atoms with van der Waals surface area (Å²) in [5.41, 5.74) is 2.43. The van der Waals surface area contributed by atoms with Gasteiger partial charge in [0.2, 0.25) is 10.0 Å². The molecule has 3 aromatic carbocycles. The topological polar surface area (TPSA) is 72.5 Å². The molecule has 0 aliphatic rings. The van der Waals surface area contributed by atoms with Crippen LogP contribution in [0.15, 0.2) is 77.7 Å². The SMILES string of the molecule is COC(=O)CCCc1ccc(C(Cc2cccc(F)c2)NS(=O)(=O)c2ccc(Cl)cc2)cc1. The third-order valence-electron chi connectivity index (χ3n) is 5.21. The van der Waals surface area contributed by atoms with Crippen molar-refractivity contribution < 1.29 is 22.3 Å². The maximum absolute atomic E-state index is 13.7. The van der Waals surface area contributed by atoms with E-state index >= 15 is 0 Å². The van der Waals surface area contributed by atoms with Gasteiger partial charge >= 0.3 is 5.97 Å². The smallest absolute Gasteiger partial charge is 0.305 e. The summed E-state index contributed by atoms with van der Waals surface area (Å²) in [7, 11) is -2.48. The number of ether oxygens (including phenoxy) is 1. The molecule has 0 fully saturated rings. The number of halogens is 2. The third kappa shape index (κ3) is 7.39. The van der Waals surface area contributed by atoms with Crippen LogP contribution in [0.2, 0.25) is 5.02 Å². The van der Waals surface area contributed by atoms with E-state index in [-0.39, 0.29) is 23.1 Å². The Hall–Kier alpha value is -2.74. The van der Waals surface area contributed by atoms with Crippen LogP contribution in [-0.4, -0.2) is 21.5 Å². The maximum atomic E-state index is 13.7. The molecular weight excluding hydrogens is 465 g/mol. The van der Waals surface area contributed by atoms with Crippen molar-refractivity contribution >= 4 is 27.6 Å². The molecule has 0 bridgehead atoms. The van der Waals surface area contributed by atoms with E-state index in [1.807, 2.05) is 24.3 Å². The number of hydrogen-bond donors (Lipinski definition) is 1. The number of esters is 1. The molecule has 0 aromatic heterocycles. The number of rotatable bonds is 10. The molecule has 0 aliphatic heterocycles. The summed E-state index contributed by atoms with van der Waals surface area (Å²) in [6, 6.07) is 18.9. The van der Waals surface area contributed by atoms with Gasteiger partial charge in [0.1, 0.15) is 5.82 Å². The Morgan fingerprint density at radius 2 is 1.73 bits per heavy atom. The van der Waals surface area contributed by atoms with E-state index in [9.17, 15) is 17.6 Å². The molecule has 1 N–H and O–H groups in total. The van der Waals surface area contributed by atoms with Crippen molar-refractivity contribution in [3.8, 4) is 0 Å². The zero-order chi connectivity index (χ0) is 23.8. The average Bonchev–Trinajstić information content (AvgIpc) is 2.79. The summed E-state index contributed by atoms with van der Waals surface area (Å²) in [5, 5.41) is 0.438. The molecule has 0 aliphatic carbocycles. The molecule has 0 heterocycles. The van der Waals surface area contributed by atoms with Crippen molar-refractivity contribution in [1.82, 2.24) is 4.72 Å². The molecule has 5 nitrogen and oxygen atoms in total. The molecule has 0 radical (unpaired) electrons. The van der Waals surface area contributed by atoms with E-state index in [1.54, 1.807) is 12.1 Å². The first-order valence-electron chi connectivity index (χ1n) is 10.4. The van der Waals surface area contributed by atoms with Crippen LogP contribution >= 0.6 is 11.6 Å². The van der Waals surface area contributed by atoms with Gasteiger partial charge in [-0.05, 0) is 72.4 Å². The van der Waals surface area contributed by atoms with Gasteiger partial charge in [-0.1, -0.05) is 48.0 Å². The Balaban J connectivity index is 1.82. The highest BCUT2D eigenvalue weighted by molar-refractivity contribution is 7.89. The number of carbonyl (C=O) groups excluding carboxylic acids is 1. The average molecular weight is 490 g/mol. The molecule has 0 spiro atoms. The Morgan fingerprint density at radius 1 is 1.03 bits per heavy atom. The van der Waals surface area contributed by atoms with Crippen LogP contribution in [0.4, 0.5) is 4.39 Å². The molecular formula is C25H25ClFNO4S. The van der Waals surface area contributed by atoms with Gasteiger partial charge in [-0.25, -0.2) is 17.5 Å². The first-order valence-corrected chi connectivity index (χ1v) is 12.3. The van der Waals surface area contributed by atoms with Gasteiger partial charge in [-0.3, -0.25) is 4.79 Å². The zero-order valence-electron chi connectivity index (χ0n) is 18.1. The minimum absolute atomic E-state index is 0.0931. The Morgan fingerprint density at radius 3 is 2.36 bits per heavy atom. The summed E-state index contributed by atoms with van der Waals surface area (Å²) < 4.78 is 47.2. The number of benzene rings is 3. The minimum atomic E-state index is -3.85. The lowest BCUT2D eigenvalue weighted by Crippen LogP contribution is -2.30. The molecule has 3 aromatic rings. The fraction of sp³-hybridized carbons (Fsp3) is 0.240. The van der Waals surface area contributed by atoms with Crippen LogP contribution in [0.1, 0.15) is 35.6 Å². The van der Waals surface area contributed by atoms with Gasteiger partial charge in [0.25, 0.3) is 0 Å². The lowest BCUT2D eigenvalue weighted by molar-refractivity contribution is -0.140. The normalized spacial score (nSPS) is 12.3. The molecule has 1 atom stereocenters. The van der Waals surface area contributed by atoms with E-state index in [4.69, 9.17) is 11.6 Å². The molecule has 3 rings (SSSR count). The van der Waals surface area contributed by atoms with Crippen molar-refractivity contribution in [2.24, 2.45) is 0 Å². The summed E-state index contributed by atoms with van der Waals surface area (Å²) in [4.78, 5) is 11.4. The lowest BCUT2D eigenvalue weighted by Gasteiger charge is -2.20. The highest BCUT2D eigenvalue weighted by atomic mass is 35.5.